The van der Waals surface area contributed by atoms with Gasteiger partial charge in [-0.25, -0.2) is 4.79 Å². The maximum atomic E-state index is 11.6. The highest BCUT2D eigenvalue weighted by molar-refractivity contribution is 5.99. The number of cyclic esters (lactones) is 1. The standard InChI is InChI=1S/C13H14O4/c1-7(14)9-5-11(8(2)15)10-3-4-17-13(16)12(10)6-9/h5-6,8,15H,3-4H2,1-2H3/t8-/m0/s1. The number of aliphatic hydroxyl groups is 1. The van der Waals surface area contributed by atoms with Crippen molar-refractivity contribution in [2.45, 2.75) is 26.4 Å². The third-order valence-electron chi connectivity index (χ3n) is 2.95. The molecule has 17 heavy (non-hydrogen) atoms. The Morgan fingerprint density at radius 2 is 2.18 bits per heavy atom. The second-order valence-corrected chi connectivity index (χ2v) is 4.21. The van der Waals surface area contributed by atoms with Gasteiger partial charge in [-0.1, -0.05) is 0 Å². The number of hydrogen-bond donors (Lipinski definition) is 1. The van der Waals surface area contributed by atoms with Crippen molar-refractivity contribution in [3.8, 4) is 0 Å². The van der Waals surface area contributed by atoms with Crippen LogP contribution in [0, 0.1) is 0 Å². The van der Waals surface area contributed by atoms with Crippen molar-refractivity contribution in [2.75, 3.05) is 6.61 Å². The van der Waals surface area contributed by atoms with E-state index in [1.807, 2.05) is 0 Å². The molecular weight excluding hydrogens is 220 g/mol. The molecule has 0 unspecified atom stereocenters. The first kappa shape index (κ1) is 11.8. The number of ketones is 1. The zero-order valence-corrected chi connectivity index (χ0v) is 9.82. The molecule has 1 atom stereocenters. The Morgan fingerprint density at radius 3 is 2.76 bits per heavy atom. The molecule has 0 radical (unpaired) electrons. The molecule has 4 heteroatoms. The van der Waals surface area contributed by atoms with Crippen LogP contribution in [0.15, 0.2) is 12.1 Å². The zero-order chi connectivity index (χ0) is 12.6. The van der Waals surface area contributed by atoms with E-state index in [0.29, 0.717) is 29.7 Å². The fourth-order valence-corrected chi connectivity index (χ4v) is 2.06. The van der Waals surface area contributed by atoms with E-state index in [9.17, 15) is 14.7 Å². The summed E-state index contributed by atoms with van der Waals surface area (Å²) < 4.78 is 4.94. The van der Waals surface area contributed by atoms with E-state index >= 15 is 0 Å². The number of rotatable bonds is 2. The predicted molar refractivity (Wildman–Crippen MR) is 61.1 cm³/mol. The van der Waals surface area contributed by atoms with Crippen molar-refractivity contribution in [1.29, 1.82) is 0 Å². The zero-order valence-electron chi connectivity index (χ0n) is 9.82. The quantitative estimate of drug-likeness (QED) is 0.624. The van der Waals surface area contributed by atoms with Crippen molar-refractivity contribution < 1.29 is 19.4 Å². The highest BCUT2D eigenvalue weighted by Crippen LogP contribution is 2.27. The summed E-state index contributed by atoms with van der Waals surface area (Å²) in [4.78, 5) is 23.0. The van der Waals surface area contributed by atoms with Crippen molar-refractivity contribution >= 4 is 11.8 Å². The van der Waals surface area contributed by atoms with E-state index in [2.05, 4.69) is 0 Å². The molecule has 1 N–H and O–H groups in total. The van der Waals surface area contributed by atoms with Gasteiger partial charge in [0.25, 0.3) is 0 Å². The molecule has 0 saturated carbocycles. The third-order valence-corrected chi connectivity index (χ3v) is 2.95. The smallest absolute Gasteiger partial charge is 0.338 e. The summed E-state index contributed by atoms with van der Waals surface area (Å²) in [5.41, 5.74) is 2.27. The molecular formula is C13H14O4. The molecule has 0 bridgehead atoms. The molecule has 0 saturated heterocycles. The minimum absolute atomic E-state index is 0.131. The van der Waals surface area contributed by atoms with Gasteiger partial charge in [0.15, 0.2) is 5.78 Å². The van der Waals surface area contributed by atoms with Crippen LogP contribution in [0.4, 0.5) is 0 Å². The van der Waals surface area contributed by atoms with Gasteiger partial charge in [0.2, 0.25) is 0 Å². The van der Waals surface area contributed by atoms with Crippen LogP contribution < -0.4 is 0 Å². The molecule has 0 aliphatic carbocycles. The Morgan fingerprint density at radius 1 is 1.47 bits per heavy atom. The van der Waals surface area contributed by atoms with E-state index in [-0.39, 0.29) is 5.78 Å². The number of hydrogen-bond acceptors (Lipinski definition) is 4. The van der Waals surface area contributed by atoms with E-state index in [1.165, 1.54) is 6.92 Å². The molecule has 0 spiro atoms. The molecule has 0 aromatic heterocycles. The van der Waals surface area contributed by atoms with Gasteiger partial charge in [0, 0.05) is 12.0 Å². The molecule has 1 aliphatic heterocycles. The second-order valence-electron chi connectivity index (χ2n) is 4.21. The predicted octanol–water partition coefficient (Wildman–Crippen LogP) is 1.66. The molecule has 4 nitrogen and oxygen atoms in total. The van der Waals surface area contributed by atoms with Crippen molar-refractivity contribution in [1.82, 2.24) is 0 Å². The summed E-state index contributed by atoms with van der Waals surface area (Å²) in [7, 11) is 0. The van der Waals surface area contributed by atoms with Gasteiger partial charge in [-0.05, 0) is 37.1 Å². The summed E-state index contributed by atoms with van der Waals surface area (Å²) in [5.74, 6) is -0.552. The molecule has 0 fully saturated rings. The number of carbonyl (C=O) groups is 2. The maximum absolute atomic E-state index is 11.6. The lowest BCUT2D eigenvalue weighted by molar-refractivity contribution is 0.0478. The lowest BCUT2D eigenvalue weighted by Crippen LogP contribution is -2.21. The van der Waals surface area contributed by atoms with Crippen LogP contribution in [-0.4, -0.2) is 23.5 Å². The highest BCUT2D eigenvalue weighted by atomic mass is 16.5. The topological polar surface area (TPSA) is 63.6 Å². The third kappa shape index (κ3) is 2.08. The Hall–Kier alpha value is -1.68. The summed E-state index contributed by atoms with van der Waals surface area (Å²) >= 11 is 0. The Bertz CT molecular complexity index is 488. The Labute approximate surface area is 99.2 Å². The minimum atomic E-state index is -0.700. The molecule has 2 rings (SSSR count). The average molecular weight is 234 g/mol. The van der Waals surface area contributed by atoms with E-state index in [4.69, 9.17) is 4.74 Å². The monoisotopic (exact) mass is 234 g/mol. The minimum Gasteiger partial charge on any atom is -0.462 e. The van der Waals surface area contributed by atoms with Gasteiger partial charge in [-0.2, -0.15) is 0 Å². The van der Waals surface area contributed by atoms with Gasteiger partial charge in [0.1, 0.15) is 0 Å². The molecule has 1 aliphatic rings. The fourth-order valence-electron chi connectivity index (χ4n) is 2.06. The lowest BCUT2D eigenvalue weighted by Gasteiger charge is -2.21. The number of benzene rings is 1. The van der Waals surface area contributed by atoms with Gasteiger partial charge < -0.3 is 9.84 Å². The van der Waals surface area contributed by atoms with E-state index in [1.54, 1.807) is 19.1 Å². The number of fused-ring (bicyclic) bond motifs is 1. The van der Waals surface area contributed by atoms with Crippen LogP contribution >= 0.6 is 0 Å². The van der Waals surface area contributed by atoms with Gasteiger partial charge >= 0.3 is 5.97 Å². The number of Topliss-reactive ketones (excluding diaryl/α,β-unsaturated/α-hetero) is 1. The molecule has 1 heterocycles. The largest absolute Gasteiger partial charge is 0.462 e. The summed E-state index contributed by atoms with van der Waals surface area (Å²) in [6, 6.07) is 3.20. The first-order valence-electron chi connectivity index (χ1n) is 5.53. The highest BCUT2D eigenvalue weighted by Gasteiger charge is 2.24. The van der Waals surface area contributed by atoms with Crippen molar-refractivity contribution in [3.63, 3.8) is 0 Å². The second kappa shape index (κ2) is 4.30. The van der Waals surface area contributed by atoms with Crippen molar-refractivity contribution in [2.24, 2.45) is 0 Å². The first-order valence-corrected chi connectivity index (χ1v) is 5.53. The summed E-state index contributed by atoms with van der Waals surface area (Å²) in [6.07, 6.45) is -0.117. The van der Waals surface area contributed by atoms with Crippen LogP contribution in [0.3, 0.4) is 0 Å². The van der Waals surface area contributed by atoms with Crippen LogP contribution in [0.5, 0.6) is 0 Å². The maximum Gasteiger partial charge on any atom is 0.338 e. The molecule has 0 amide bonds. The van der Waals surface area contributed by atoms with Gasteiger partial charge in [-0.15, -0.1) is 0 Å². The fraction of sp³-hybridized carbons (Fsp3) is 0.385. The van der Waals surface area contributed by atoms with Crippen LogP contribution in [0.1, 0.15) is 51.8 Å². The SMILES string of the molecule is CC(=O)c1cc2c(c([C@H](C)O)c1)CCOC2=O. The normalized spacial score (nSPS) is 16.1. The number of carbonyl (C=O) groups excluding carboxylic acids is 2. The first-order chi connectivity index (χ1) is 8.00. The van der Waals surface area contributed by atoms with Crippen LogP contribution in [0.25, 0.3) is 0 Å². The summed E-state index contributed by atoms with van der Waals surface area (Å²) in [6.45, 7) is 3.38. The van der Waals surface area contributed by atoms with E-state index in [0.717, 1.165) is 5.56 Å². The Kier molecular flexibility index (Phi) is 2.98. The van der Waals surface area contributed by atoms with Crippen LogP contribution in [0.2, 0.25) is 0 Å². The average Bonchev–Trinajstić information content (AvgIpc) is 2.28. The van der Waals surface area contributed by atoms with Gasteiger partial charge in [0.05, 0.1) is 18.3 Å². The van der Waals surface area contributed by atoms with Crippen LogP contribution in [-0.2, 0) is 11.2 Å². The summed E-state index contributed by atoms with van der Waals surface area (Å²) in [5, 5.41) is 9.71. The Balaban J connectivity index is 2.66. The number of aliphatic hydroxyl groups excluding tert-OH is 1. The molecule has 90 valence electrons. The lowest BCUT2D eigenvalue weighted by atomic mass is 9.91. The number of esters is 1. The van der Waals surface area contributed by atoms with Gasteiger partial charge in [-0.3, -0.25) is 4.79 Å². The molecule has 1 aromatic carbocycles. The number of ether oxygens (including phenoxy) is 1. The van der Waals surface area contributed by atoms with E-state index < -0.39 is 12.1 Å². The molecule has 1 aromatic rings. The van der Waals surface area contributed by atoms with Crippen molar-refractivity contribution in [3.05, 3.63) is 34.4 Å².